The lowest BCUT2D eigenvalue weighted by atomic mass is 10.2. The van der Waals surface area contributed by atoms with Gasteiger partial charge in [-0.25, -0.2) is 13.1 Å². The van der Waals surface area contributed by atoms with E-state index >= 15 is 0 Å². The first kappa shape index (κ1) is 18.6. The maximum atomic E-state index is 11.7. The molecule has 0 saturated carbocycles. The van der Waals surface area contributed by atoms with Gasteiger partial charge in [-0.3, -0.25) is 4.90 Å². The molecular weight excluding hydrogens is 380 g/mol. The lowest BCUT2D eigenvalue weighted by Gasteiger charge is -2.22. The third kappa shape index (κ3) is 3.97. The van der Waals surface area contributed by atoms with E-state index in [0.717, 1.165) is 11.4 Å². The minimum absolute atomic E-state index is 0.0117. The van der Waals surface area contributed by atoms with E-state index in [1.165, 1.54) is 0 Å². The number of nitrogens with zero attached hydrogens (tertiary/aromatic N) is 4. The van der Waals surface area contributed by atoms with Gasteiger partial charge in [0.1, 0.15) is 0 Å². The van der Waals surface area contributed by atoms with Crippen LogP contribution in [0.15, 0.2) is 24.3 Å². The standard InChI is InChI=1S/C16H21ClN4O2S2/c1-3-20-15(12-4-6-13(17)7-5-12)18-21(16(20)24)11-19(2)14-8-9-25(22,23)10-14/h4-7,14H,3,8-11H2,1-2H3/t14-/m1/s1. The van der Waals surface area contributed by atoms with Crippen molar-refractivity contribution in [3.63, 3.8) is 0 Å². The Balaban J connectivity index is 1.87. The quantitative estimate of drug-likeness (QED) is 0.722. The molecule has 0 amide bonds. The fourth-order valence-electron chi connectivity index (χ4n) is 3.08. The Kier molecular flexibility index (Phi) is 5.34. The molecule has 1 aromatic heterocycles. The molecule has 0 bridgehead atoms. The number of benzene rings is 1. The normalized spacial score (nSPS) is 19.6. The second-order valence-electron chi connectivity index (χ2n) is 6.31. The lowest BCUT2D eigenvalue weighted by Crippen LogP contribution is -2.34. The van der Waals surface area contributed by atoms with E-state index in [0.29, 0.717) is 29.4 Å². The Morgan fingerprint density at radius 2 is 2.04 bits per heavy atom. The van der Waals surface area contributed by atoms with Gasteiger partial charge in [-0.1, -0.05) is 11.6 Å². The van der Waals surface area contributed by atoms with Crippen molar-refractivity contribution in [3.8, 4) is 11.4 Å². The molecule has 2 aromatic rings. The Morgan fingerprint density at radius 3 is 2.60 bits per heavy atom. The molecule has 1 aliphatic rings. The van der Waals surface area contributed by atoms with Crippen LogP contribution in [0.25, 0.3) is 11.4 Å². The summed E-state index contributed by atoms with van der Waals surface area (Å²) in [5, 5.41) is 5.34. The molecule has 2 heterocycles. The number of aromatic nitrogens is 3. The summed E-state index contributed by atoms with van der Waals surface area (Å²) >= 11 is 11.5. The fourth-order valence-corrected chi connectivity index (χ4v) is 5.33. The highest BCUT2D eigenvalue weighted by Crippen LogP contribution is 2.22. The molecule has 0 spiro atoms. The number of hydrogen-bond acceptors (Lipinski definition) is 5. The zero-order valence-electron chi connectivity index (χ0n) is 14.2. The van der Waals surface area contributed by atoms with Gasteiger partial charge in [-0.15, -0.1) is 0 Å². The van der Waals surface area contributed by atoms with E-state index in [1.807, 2.05) is 47.7 Å². The van der Waals surface area contributed by atoms with Gasteiger partial charge in [0.2, 0.25) is 0 Å². The highest BCUT2D eigenvalue weighted by molar-refractivity contribution is 7.91. The SMILES string of the molecule is CCn1c(-c2ccc(Cl)cc2)nn(CN(C)[C@@H]2CCS(=O)(=O)C2)c1=S. The molecule has 1 aliphatic heterocycles. The molecule has 0 N–H and O–H groups in total. The molecule has 0 aliphatic carbocycles. The van der Waals surface area contributed by atoms with Gasteiger partial charge >= 0.3 is 0 Å². The van der Waals surface area contributed by atoms with Crippen molar-refractivity contribution >= 4 is 33.7 Å². The van der Waals surface area contributed by atoms with E-state index in [4.69, 9.17) is 23.8 Å². The Bertz CT molecular complexity index is 919. The second kappa shape index (κ2) is 7.19. The van der Waals surface area contributed by atoms with E-state index in [-0.39, 0.29) is 17.5 Å². The van der Waals surface area contributed by atoms with Crippen molar-refractivity contribution in [1.29, 1.82) is 0 Å². The molecule has 6 nitrogen and oxygen atoms in total. The molecule has 0 unspecified atom stereocenters. The molecule has 9 heteroatoms. The highest BCUT2D eigenvalue weighted by atomic mass is 35.5. The molecular formula is C16H21ClN4O2S2. The predicted octanol–water partition coefficient (Wildman–Crippen LogP) is 2.83. The third-order valence-electron chi connectivity index (χ3n) is 4.53. The van der Waals surface area contributed by atoms with Crippen molar-refractivity contribution in [2.24, 2.45) is 0 Å². The van der Waals surface area contributed by atoms with Crippen molar-refractivity contribution < 1.29 is 8.42 Å². The van der Waals surface area contributed by atoms with Crippen LogP contribution in [0.4, 0.5) is 0 Å². The average Bonchev–Trinajstić information content (AvgIpc) is 3.08. The van der Waals surface area contributed by atoms with E-state index in [2.05, 4.69) is 5.10 Å². The summed E-state index contributed by atoms with van der Waals surface area (Å²) in [6.45, 7) is 3.19. The van der Waals surface area contributed by atoms with Crippen LogP contribution >= 0.6 is 23.8 Å². The maximum Gasteiger partial charge on any atom is 0.199 e. The number of halogens is 1. The first-order valence-electron chi connectivity index (χ1n) is 8.15. The molecule has 1 atom stereocenters. The highest BCUT2D eigenvalue weighted by Gasteiger charge is 2.31. The van der Waals surface area contributed by atoms with Gasteiger partial charge < -0.3 is 4.57 Å². The first-order valence-corrected chi connectivity index (χ1v) is 10.8. The molecule has 1 fully saturated rings. The van der Waals surface area contributed by atoms with Gasteiger partial charge in [0.15, 0.2) is 20.4 Å². The van der Waals surface area contributed by atoms with Gasteiger partial charge in [-0.2, -0.15) is 5.10 Å². The lowest BCUT2D eigenvalue weighted by molar-refractivity contribution is 0.196. The number of rotatable bonds is 5. The second-order valence-corrected chi connectivity index (χ2v) is 9.34. The van der Waals surface area contributed by atoms with E-state index in [9.17, 15) is 8.42 Å². The monoisotopic (exact) mass is 400 g/mol. The van der Waals surface area contributed by atoms with Crippen molar-refractivity contribution in [1.82, 2.24) is 19.2 Å². The zero-order chi connectivity index (χ0) is 18.2. The molecule has 25 heavy (non-hydrogen) atoms. The topological polar surface area (TPSA) is 60.1 Å². The van der Waals surface area contributed by atoms with Crippen LogP contribution in [0.3, 0.4) is 0 Å². The van der Waals surface area contributed by atoms with Crippen LogP contribution in [0, 0.1) is 4.77 Å². The summed E-state index contributed by atoms with van der Waals surface area (Å²) in [6, 6.07) is 7.51. The molecule has 3 rings (SSSR count). The Labute approximate surface area is 157 Å². The maximum absolute atomic E-state index is 11.7. The Morgan fingerprint density at radius 1 is 1.36 bits per heavy atom. The Hall–Kier alpha value is -1.22. The van der Waals surface area contributed by atoms with E-state index in [1.54, 1.807) is 4.68 Å². The van der Waals surface area contributed by atoms with Crippen LogP contribution in [-0.4, -0.2) is 52.3 Å². The van der Waals surface area contributed by atoms with Gasteiger partial charge in [0.25, 0.3) is 0 Å². The largest absolute Gasteiger partial charge is 0.300 e. The smallest absolute Gasteiger partial charge is 0.199 e. The van der Waals surface area contributed by atoms with E-state index < -0.39 is 9.84 Å². The minimum Gasteiger partial charge on any atom is -0.300 e. The fraction of sp³-hybridized carbons (Fsp3) is 0.500. The summed E-state index contributed by atoms with van der Waals surface area (Å²) in [4.78, 5) is 2.01. The van der Waals surface area contributed by atoms with Gasteiger partial charge in [-0.05, 0) is 56.9 Å². The summed E-state index contributed by atoms with van der Waals surface area (Å²) in [5.74, 6) is 1.25. The molecule has 1 saturated heterocycles. The molecule has 0 radical (unpaired) electrons. The molecule has 136 valence electrons. The third-order valence-corrected chi connectivity index (χ3v) is 6.96. The summed E-state index contributed by atoms with van der Waals surface area (Å²) < 4.78 is 27.7. The summed E-state index contributed by atoms with van der Waals surface area (Å²) in [6.07, 6.45) is 0.657. The zero-order valence-corrected chi connectivity index (χ0v) is 16.6. The average molecular weight is 401 g/mol. The van der Waals surface area contributed by atoms with Crippen LogP contribution < -0.4 is 0 Å². The van der Waals surface area contributed by atoms with Gasteiger partial charge in [0.05, 0.1) is 18.2 Å². The predicted molar refractivity (Wildman–Crippen MR) is 102 cm³/mol. The molecule has 1 aromatic carbocycles. The van der Waals surface area contributed by atoms with Crippen molar-refractivity contribution in [2.45, 2.75) is 32.6 Å². The summed E-state index contributed by atoms with van der Waals surface area (Å²) in [5.41, 5.74) is 0.946. The summed E-state index contributed by atoms with van der Waals surface area (Å²) in [7, 11) is -0.996. The minimum atomic E-state index is -2.91. The van der Waals surface area contributed by atoms with Crippen LogP contribution in [0.5, 0.6) is 0 Å². The number of sulfone groups is 1. The van der Waals surface area contributed by atoms with Crippen molar-refractivity contribution in [3.05, 3.63) is 34.1 Å². The van der Waals surface area contributed by atoms with Crippen LogP contribution in [0.1, 0.15) is 13.3 Å². The first-order chi connectivity index (χ1) is 11.8. The van der Waals surface area contributed by atoms with Crippen LogP contribution in [-0.2, 0) is 23.1 Å². The van der Waals surface area contributed by atoms with Crippen LogP contribution in [0.2, 0.25) is 5.02 Å². The van der Waals surface area contributed by atoms with Gasteiger partial charge in [0, 0.05) is 23.2 Å². The number of hydrogen-bond donors (Lipinski definition) is 0. The van der Waals surface area contributed by atoms with Crippen molar-refractivity contribution in [2.75, 3.05) is 18.6 Å².